The van der Waals surface area contributed by atoms with Gasteiger partial charge in [-0.15, -0.1) is 11.3 Å². The quantitative estimate of drug-likeness (QED) is 0.758. The van der Waals surface area contributed by atoms with Gasteiger partial charge in [-0.2, -0.15) is 0 Å². The summed E-state index contributed by atoms with van der Waals surface area (Å²) < 4.78 is 0. The molecule has 0 saturated heterocycles. The van der Waals surface area contributed by atoms with Crippen molar-refractivity contribution in [3.63, 3.8) is 0 Å². The Balaban J connectivity index is 2.08. The van der Waals surface area contributed by atoms with Crippen LogP contribution in [-0.4, -0.2) is 17.4 Å². The van der Waals surface area contributed by atoms with Gasteiger partial charge in [-0.25, -0.2) is 4.98 Å². The average molecular weight is 226 g/mol. The molecule has 0 bridgehead atoms. The molecule has 84 valence electrons. The minimum absolute atomic E-state index is 0.0548. The summed E-state index contributed by atoms with van der Waals surface area (Å²) in [5.74, 6) is 0.694. The highest BCUT2D eigenvalue weighted by Gasteiger charge is 2.05. The summed E-state index contributed by atoms with van der Waals surface area (Å²) >= 11 is 1.44. The summed E-state index contributed by atoms with van der Waals surface area (Å²) in [6.45, 7) is 5.19. The van der Waals surface area contributed by atoms with E-state index in [0.717, 1.165) is 18.9 Å². The van der Waals surface area contributed by atoms with Crippen molar-refractivity contribution in [3.05, 3.63) is 16.6 Å². The standard InChI is InChI=1S/C11H18N2OS/c1-9(2)5-3-4-6-12-11(14)10-7-15-8-13-10/h7-9H,3-6H2,1-2H3,(H,12,14). The van der Waals surface area contributed by atoms with Crippen molar-refractivity contribution >= 4 is 17.2 Å². The van der Waals surface area contributed by atoms with Crippen LogP contribution in [0.4, 0.5) is 0 Å². The van der Waals surface area contributed by atoms with Gasteiger partial charge in [0, 0.05) is 11.9 Å². The molecule has 1 N–H and O–H groups in total. The molecule has 0 unspecified atom stereocenters. The maximum absolute atomic E-state index is 11.4. The van der Waals surface area contributed by atoms with E-state index in [1.54, 1.807) is 10.9 Å². The predicted octanol–water partition coefficient (Wildman–Crippen LogP) is 2.70. The molecule has 0 aliphatic carbocycles. The van der Waals surface area contributed by atoms with Crippen LogP contribution < -0.4 is 5.32 Å². The van der Waals surface area contributed by atoms with Crippen LogP contribution in [0.1, 0.15) is 43.6 Å². The number of unbranched alkanes of at least 4 members (excludes halogenated alkanes) is 1. The molecule has 4 heteroatoms. The second-order valence-electron chi connectivity index (χ2n) is 4.02. The molecular weight excluding hydrogens is 208 g/mol. The van der Waals surface area contributed by atoms with Crippen molar-refractivity contribution < 1.29 is 4.79 Å². The molecule has 1 aromatic rings. The number of carbonyl (C=O) groups excluding carboxylic acids is 1. The lowest BCUT2D eigenvalue weighted by molar-refractivity contribution is 0.0948. The number of carbonyl (C=O) groups is 1. The Labute approximate surface area is 94.9 Å². The lowest BCUT2D eigenvalue weighted by atomic mass is 10.1. The third kappa shape index (κ3) is 4.93. The average Bonchev–Trinajstić information content (AvgIpc) is 2.69. The fraction of sp³-hybridized carbons (Fsp3) is 0.636. The Kier molecular flexibility index (Phi) is 5.32. The zero-order chi connectivity index (χ0) is 11.1. The van der Waals surface area contributed by atoms with Crippen molar-refractivity contribution in [1.29, 1.82) is 0 Å². The summed E-state index contributed by atoms with van der Waals surface area (Å²) in [6, 6.07) is 0. The van der Waals surface area contributed by atoms with E-state index in [0.29, 0.717) is 5.69 Å². The first-order valence-corrected chi connectivity index (χ1v) is 6.31. The molecule has 0 aliphatic rings. The molecule has 0 fully saturated rings. The highest BCUT2D eigenvalue weighted by molar-refractivity contribution is 7.07. The van der Waals surface area contributed by atoms with E-state index in [-0.39, 0.29) is 5.91 Å². The topological polar surface area (TPSA) is 42.0 Å². The fourth-order valence-corrected chi connectivity index (χ4v) is 1.83. The number of hydrogen-bond donors (Lipinski definition) is 1. The molecule has 0 saturated carbocycles. The molecule has 0 spiro atoms. The number of nitrogens with zero attached hydrogens (tertiary/aromatic N) is 1. The van der Waals surface area contributed by atoms with Crippen LogP contribution in [-0.2, 0) is 0 Å². The predicted molar refractivity (Wildman–Crippen MR) is 63.1 cm³/mol. The second kappa shape index (κ2) is 6.56. The van der Waals surface area contributed by atoms with Gasteiger partial charge in [0.25, 0.3) is 5.91 Å². The van der Waals surface area contributed by atoms with Crippen molar-refractivity contribution in [2.75, 3.05) is 6.54 Å². The van der Waals surface area contributed by atoms with E-state index >= 15 is 0 Å². The Bertz CT molecular complexity index is 283. The monoisotopic (exact) mass is 226 g/mol. The zero-order valence-electron chi connectivity index (χ0n) is 9.32. The molecule has 1 aromatic heterocycles. The van der Waals surface area contributed by atoms with Crippen LogP contribution in [0, 0.1) is 5.92 Å². The molecule has 0 aromatic carbocycles. The van der Waals surface area contributed by atoms with E-state index in [1.165, 1.54) is 24.2 Å². The first-order chi connectivity index (χ1) is 7.20. The van der Waals surface area contributed by atoms with E-state index in [9.17, 15) is 4.79 Å². The van der Waals surface area contributed by atoms with Crippen molar-refractivity contribution in [2.24, 2.45) is 5.92 Å². The van der Waals surface area contributed by atoms with Gasteiger partial charge in [0.1, 0.15) is 5.69 Å². The number of hydrogen-bond acceptors (Lipinski definition) is 3. The molecule has 0 atom stereocenters. The molecule has 1 heterocycles. The fourth-order valence-electron chi connectivity index (χ4n) is 1.29. The van der Waals surface area contributed by atoms with Crippen molar-refractivity contribution in [3.8, 4) is 0 Å². The highest BCUT2D eigenvalue weighted by atomic mass is 32.1. The number of aromatic nitrogens is 1. The van der Waals surface area contributed by atoms with E-state index < -0.39 is 0 Å². The number of thiazole rings is 1. The number of amides is 1. The number of nitrogens with one attached hydrogen (secondary N) is 1. The largest absolute Gasteiger partial charge is 0.351 e. The zero-order valence-corrected chi connectivity index (χ0v) is 10.1. The molecule has 3 nitrogen and oxygen atoms in total. The minimum Gasteiger partial charge on any atom is -0.351 e. The summed E-state index contributed by atoms with van der Waals surface area (Å²) in [6.07, 6.45) is 3.45. The van der Waals surface area contributed by atoms with Gasteiger partial charge in [0.05, 0.1) is 5.51 Å². The normalized spacial score (nSPS) is 10.6. The van der Waals surface area contributed by atoms with E-state index in [4.69, 9.17) is 0 Å². The van der Waals surface area contributed by atoms with Gasteiger partial charge in [0.2, 0.25) is 0 Å². The number of rotatable bonds is 6. The highest BCUT2D eigenvalue weighted by Crippen LogP contribution is 2.05. The molecule has 1 amide bonds. The van der Waals surface area contributed by atoms with Gasteiger partial charge in [-0.05, 0) is 12.3 Å². The second-order valence-corrected chi connectivity index (χ2v) is 4.74. The summed E-state index contributed by atoms with van der Waals surface area (Å²) in [5, 5.41) is 4.63. The Morgan fingerprint density at radius 1 is 1.53 bits per heavy atom. The van der Waals surface area contributed by atoms with Gasteiger partial charge in [-0.1, -0.05) is 26.7 Å². The van der Waals surface area contributed by atoms with E-state index in [2.05, 4.69) is 24.1 Å². The SMILES string of the molecule is CC(C)CCCCNC(=O)c1cscn1. The van der Waals surface area contributed by atoms with Gasteiger partial charge >= 0.3 is 0 Å². The van der Waals surface area contributed by atoms with E-state index in [1.807, 2.05) is 0 Å². The summed E-state index contributed by atoms with van der Waals surface area (Å²) in [5.41, 5.74) is 2.21. The minimum atomic E-state index is -0.0548. The Morgan fingerprint density at radius 2 is 2.33 bits per heavy atom. The third-order valence-corrected chi connectivity index (χ3v) is 2.75. The smallest absolute Gasteiger partial charge is 0.270 e. The lowest BCUT2D eigenvalue weighted by Crippen LogP contribution is -2.24. The molecule has 1 rings (SSSR count). The first-order valence-electron chi connectivity index (χ1n) is 5.36. The van der Waals surface area contributed by atoms with Crippen LogP contribution in [0.3, 0.4) is 0 Å². The van der Waals surface area contributed by atoms with Gasteiger partial charge in [-0.3, -0.25) is 4.79 Å². The van der Waals surface area contributed by atoms with Crippen LogP contribution in [0.5, 0.6) is 0 Å². The lowest BCUT2D eigenvalue weighted by Gasteiger charge is -2.05. The Morgan fingerprint density at radius 3 is 2.93 bits per heavy atom. The third-order valence-electron chi connectivity index (χ3n) is 2.16. The maximum atomic E-state index is 11.4. The van der Waals surface area contributed by atoms with Crippen molar-refractivity contribution in [2.45, 2.75) is 33.1 Å². The van der Waals surface area contributed by atoms with Crippen LogP contribution in [0.25, 0.3) is 0 Å². The van der Waals surface area contributed by atoms with Gasteiger partial charge < -0.3 is 5.32 Å². The van der Waals surface area contributed by atoms with Crippen LogP contribution >= 0.6 is 11.3 Å². The molecule has 0 aliphatic heterocycles. The van der Waals surface area contributed by atoms with Crippen molar-refractivity contribution in [1.82, 2.24) is 10.3 Å². The summed E-state index contributed by atoms with van der Waals surface area (Å²) in [7, 11) is 0. The van der Waals surface area contributed by atoms with Crippen LogP contribution in [0.15, 0.2) is 10.9 Å². The molecular formula is C11H18N2OS. The Hall–Kier alpha value is -0.900. The van der Waals surface area contributed by atoms with Crippen LogP contribution in [0.2, 0.25) is 0 Å². The molecule has 15 heavy (non-hydrogen) atoms. The summed E-state index contributed by atoms with van der Waals surface area (Å²) in [4.78, 5) is 15.4. The maximum Gasteiger partial charge on any atom is 0.270 e. The molecule has 0 radical (unpaired) electrons. The first kappa shape index (κ1) is 12.2. The van der Waals surface area contributed by atoms with Gasteiger partial charge in [0.15, 0.2) is 0 Å².